The Morgan fingerprint density at radius 2 is 2.10 bits per heavy atom. The number of benzene rings is 1. The van der Waals surface area contributed by atoms with Gasteiger partial charge in [0.25, 0.3) is 5.69 Å². The van der Waals surface area contributed by atoms with E-state index in [0.717, 1.165) is 12.8 Å². The van der Waals surface area contributed by atoms with Gasteiger partial charge in [0.2, 0.25) is 5.91 Å². The summed E-state index contributed by atoms with van der Waals surface area (Å²) >= 11 is 0. The van der Waals surface area contributed by atoms with Crippen molar-refractivity contribution in [1.29, 1.82) is 0 Å². The minimum atomic E-state index is -0.633. The summed E-state index contributed by atoms with van der Waals surface area (Å²) in [7, 11) is 0. The van der Waals surface area contributed by atoms with Crippen LogP contribution in [0, 0.1) is 10.1 Å². The first-order valence-electron chi connectivity index (χ1n) is 6.66. The number of nitro groups is 1. The molecule has 0 radical (unpaired) electrons. The zero-order chi connectivity index (χ0) is 15.2. The standard InChI is InChI=1S/C13H16N4O4/c18-12-10(6-3-4-8-14-12)16-13(19)15-9-5-1-2-7-11(9)17(20)21/h1-2,5,7,10H,3-4,6,8H2,(H,14,18)(H2,15,16,19). The predicted molar refractivity (Wildman–Crippen MR) is 75.9 cm³/mol. The van der Waals surface area contributed by atoms with E-state index in [1.54, 1.807) is 6.07 Å². The topological polar surface area (TPSA) is 113 Å². The lowest BCUT2D eigenvalue weighted by Crippen LogP contribution is -2.47. The number of carbonyl (C=O) groups is 2. The molecule has 3 N–H and O–H groups in total. The van der Waals surface area contributed by atoms with Crippen LogP contribution in [-0.2, 0) is 4.79 Å². The van der Waals surface area contributed by atoms with E-state index in [4.69, 9.17) is 0 Å². The largest absolute Gasteiger partial charge is 0.354 e. The summed E-state index contributed by atoms with van der Waals surface area (Å²) in [5.41, 5.74) is -0.105. The van der Waals surface area contributed by atoms with Crippen LogP contribution in [0.5, 0.6) is 0 Å². The second kappa shape index (κ2) is 6.69. The molecule has 21 heavy (non-hydrogen) atoms. The van der Waals surface area contributed by atoms with Crippen molar-refractivity contribution in [3.8, 4) is 0 Å². The molecule has 1 saturated heterocycles. The molecule has 0 aromatic heterocycles. The first-order chi connectivity index (χ1) is 10.1. The third-order valence-corrected chi connectivity index (χ3v) is 3.19. The van der Waals surface area contributed by atoms with Crippen molar-refractivity contribution in [3.63, 3.8) is 0 Å². The van der Waals surface area contributed by atoms with Gasteiger partial charge < -0.3 is 16.0 Å². The Bertz CT molecular complexity index is 561. The molecule has 3 amide bonds. The molecule has 8 heteroatoms. The molecular weight excluding hydrogens is 276 g/mol. The Kier molecular flexibility index (Phi) is 4.70. The minimum absolute atomic E-state index is 0.0917. The molecule has 0 bridgehead atoms. The summed E-state index contributed by atoms with van der Waals surface area (Å²) in [5, 5.41) is 18.5. The molecule has 1 unspecified atom stereocenters. The maximum Gasteiger partial charge on any atom is 0.320 e. The lowest BCUT2D eigenvalue weighted by molar-refractivity contribution is -0.383. The first kappa shape index (κ1) is 14.8. The molecule has 0 saturated carbocycles. The molecular formula is C13H16N4O4. The van der Waals surface area contributed by atoms with Gasteiger partial charge in [0, 0.05) is 12.6 Å². The third kappa shape index (κ3) is 3.91. The maximum absolute atomic E-state index is 11.9. The Morgan fingerprint density at radius 1 is 1.33 bits per heavy atom. The average Bonchev–Trinajstić information content (AvgIpc) is 2.64. The smallest absolute Gasteiger partial charge is 0.320 e. The molecule has 0 spiro atoms. The highest BCUT2D eigenvalue weighted by Gasteiger charge is 2.23. The number of hydrogen-bond acceptors (Lipinski definition) is 4. The number of rotatable bonds is 3. The highest BCUT2D eigenvalue weighted by Crippen LogP contribution is 2.22. The summed E-state index contributed by atoms with van der Waals surface area (Å²) in [6, 6.07) is 4.58. The summed E-state index contributed by atoms with van der Waals surface area (Å²) in [5.74, 6) is -0.231. The molecule has 1 aromatic rings. The number of hydrogen-bond donors (Lipinski definition) is 3. The van der Waals surface area contributed by atoms with Crippen molar-refractivity contribution in [1.82, 2.24) is 10.6 Å². The fraction of sp³-hybridized carbons (Fsp3) is 0.385. The number of urea groups is 1. The van der Waals surface area contributed by atoms with E-state index >= 15 is 0 Å². The highest BCUT2D eigenvalue weighted by molar-refractivity contribution is 5.95. The zero-order valence-corrected chi connectivity index (χ0v) is 11.3. The van der Waals surface area contributed by atoms with Gasteiger partial charge in [0.05, 0.1) is 4.92 Å². The molecule has 112 valence electrons. The van der Waals surface area contributed by atoms with E-state index in [2.05, 4.69) is 16.0 Å². The van der Waals surface area contributed by atoms with Crippen molar-refractivity contribution in [2.24, 2.45) is 0 Å². The van der Waals surface area contributed by atoms with Crippen LogP contribution in [0.25, 0.3) is 0 Å². The van der Waals surface area contributed by atoms with Gasteiger partial charge in [0.1, 0.15) is 11.7 Å². The van der Waals surface area contributed by atoms with E-state index < -0.39 is 17.0 Å². The van der Waals surface area contributed by atoms with E-state index in [1.807, 2.05) is 0 Å². The zero-order valence-electron chi connectivity index (χ0n) is 11.3. The minimum Gasteiger partial charge on any atom is -0.354 e. The molecule has 1 heterocycles. The van der Waals surface area contributed by atoms with Crippen LogP contribution in [0.2, 0.25) is 0 Å². The Labute approximate surface area is 121 Å². The van der Waals surface area contributed by atoms with Gasteiger partial charge in [-0.15, -0.1) is 0 Å². The molecule has 0 aliphatic carbocycles. The molecule has 8 nitrogen and oxygen atoms in total. The van der Waals surface area contributed by atoms with Crippen LogP contribution in [0.1, 0.15) is 19.3 Å². The fourth-order valence-electron chi connectivity index (χ4n) is 2.13. The summed E-state index contributed by atoms with van der Waals surface area (Å²) in [4.78, 5) is 33.9. The van der Waals surface area contributed by atoms with E-state index in [-0.39, 0.29) is 17.3 Å². The third-order valence-electron chi connectivity index (χ3n) is 3.19. The second-order valence-corrected chi connectivity index (χ2v) is 4.71. The van der Waals surface area contributed by atoms with Crippen molar-refractivity contribution in [2.75, 3.05) is 11.9 Å². The SMILES string of the molecule is O=C(Nc1ccccc1[N+](=O)[O-])NC1CCCCNC1=O. The number of anilines is 1. The van der Waals surface area contributed by atoms with Gasteiger partial charge in [-0.1, -0.05) is 12.1 Å². The lowest BCUT2D eigenvalue weighted by atomic mass is 10.1. The quantitative estimate of drug-likeness (QED) is 0.577. The van der Waals surface area contributed by atoms with Crippen LogP contribution < -0.4 is 16.0 Å². The first-order valence-corrected chi connectivity index (χ1v) is 6.66. The molecule has 1 aliphatic rings. The van der Waals surface area contributed by atoms with E-state index in [0.29, 0.717) is 13.0 Å². The van der Waals surface area contributed by atoms with Gasteiger partial charge in [-0.05, 0) is 25.3 Å². The number of carbonyl (C=O) groups excluding carboxylic acids is 2. The maximum atomic E-state index is 11.9. The summed E-state index contributed by atoms with van der Waals surface area (Å²) < 4.78 is 0. The molecule has 1 aromatic carbocycles. The highest BCUT2D eigenvalue weighted by atomic mass is 16.6. The average molecular weight is 292 g/mol. The Morgan fingerprint density at radius 3 is 2.86 bits per heavy atom. The van der Waals surface area contributed by atoms with Gasteiger partial charge in [0.15, 0.2) is 0 Å². The number of amides is 3. The number of nitrogens with one attached hydrogen (secondary N) is 3. The number of nitro benzene ring substituents is 1. The Balaban J connectivity index is 2.01. The van der Waals surface area contributed by atoms with Gasteiger partial charge in [-0.2, -0.15) is 0 Å². The summed E-state index contributed by atoms with van der Waals surface area (Å²) in [6.45, 7) is 0.600. The molecule has 2 rings (SSSR count). The van der Waals surface area contributed by atoms with Crippen molar-refractivity contribution >= 4 is 23.3 Å². The molecule has 1 aliphatic heterocycles. The lowest BCUT2D eigenvalue weighted by Gasteiger charge is -2.15. The van der Waals surface area contributed by atoms with Crippen LogP contribution in [0.3, 0.4) is 0 Å². The van der Waals surface area contributed by atoms with E-state index in [1.165, 1.54) is 18.2 Å². The van der Waals surface area contributed by atoms with E-state index in [9.17, 15) is 19.7 Å². The second-order valence-electron chi connectivity index (χ2n) is 4.71. The van der Waals surface area contributed by atoms with Crippen LogP contribution in [0.15, 0.2) is 24.3 Å². The molecule has 1 atom stereocenters. The van der Waals surface area contributed by atoms with Gasteiger partial charge in [-0.3, -0.25) is 14.9 Å². The van der Waals surface area contributed by atoms with Crippen molar-refractivity contribution in [3.05, 3.63) is 34.4 Å². The van der Waals surface area contributed by atoms with Gasteiger partial charge >= 0.3 is 6.03 Å². The fourth-order valence-corrected chi connectivity index (χ4v) is 2.13. The predicted octanol–water partition coefficient (Wildman–Crippen LogP) is 1.38. The van der Waals surface area contributed by atoms with Crippen molar-refractivity contribution in [2.45, 2.75) is 25.3 Å². The van der Waals surface area contributed by atoms with Crippen LogP contribution >= 0.6 is 0 Å². The van der Waals surface area contributed by atoms with Gasteiger partial charge in [-0.25, -0.2) is 4.79 Å². The van der Waals surface area contributed by atoms with Crippen molar-refractivity contribution < 1.29 is 14.5 Å². The Hall–Kier alpha value is -2.64. The normalized spacial score (nSPS) is 18.3. The van der Waals surface area contributed by atoms with Crippen LogP contribution in [0.4, 0.5) is 16.2 Å². The number of para-hydroxylation sites is 2. The molecule has 1 fully saturated rings. The summed E-state index contributed by atoms with van der Waals surface area (Å²) in [6.07, 6.45) is 2.25. The number of nitrogens with zero attached hydrogens (tertiary/aromatic N) is 1. The van der Waals surface area contributed by atoms with Crippen LogP contribution in [-0.4, -0.2) is 29.4 Å². The monoisotopic (exact) mass is 292 g/mol.